The molecule has 0 saturated carbocycles. The highest BCUT2D eigenvalue weighted by atomic mass is 16.5. The molecule has 1 aromatic carbocycles. The third kappa shape index (κ3) is 3.42. The van der Waals surface area contributed by atoms with E-state index in [2.05, 4.69) is 42.4 Å². The number of aromatic nitrogens is 3. The molecular formula is C21H26N6O. The van der Waals surface area contributed by atoms with Crippen molar-refractivity contribution in [3.63, 3.8) is 0 Å². The highest BCUT2D eigenvalue weighted by Gasteiger charge is 2.34. The van der Waals surface area contributed by atoms with Crippen LogP contribution in [0.1, 0.15) is 18.4 Å². The van der Waals surface area contributed by atoms with Gasteiger partial charge in [-0.15, -0.1) is 0 Å². The number of hydrogen-bond acceptors (Lipinski definition) is 7. The zero-order valence-electron chi connectivity index (χ0n) is 16.2. The average molecular weight is 378 g/mol. The Morgan fingerprint density at radius 2 is 1.96 bits per heavy atom. The minimum Gasteiger partial charge on any atom is -0.354 e. The highest BCUT2D eigenvalue weighted by Crippen LogP contribution is 2.31. The van der Waals surface area contributed by atoms with Crippen molar-refractivity contribution >= 4 is 22.7 Å². The average Bonchev–Trinajstić information content (AvgIpc) is 3.17. The first-order chi connectivity index (χ1) is 13.8. The van der Waals surface area contributed by atoms with E-state index in [0.717, 1.165) is 61.0 Å². The lowest BCUT2D eigenvalue weighted by Crippen LogP contribution is -2.57. The van der Waals surface area contributed by atoms with E-state index in [1.54, 1.807) is 0 Å². The first-order valence-electron chi connectivity index (χ1n) is 10.1. The molecule has 28 heavy (non-hydrogen) atoms. The molecule has 0 spiro atoms. The number of nitrogens with one attached hydrogen (secondary N) is 1. The first kappa shape index (κ1) is 17.4. The molecule has 7 nitrogen and oxygen atoms in total. The predicted molar refractivity (Wildman–Crippen MR) is 110 cm³/mol. The first-order valence-corrected chi connectivity index (χ1v) is 10.1. The molecule has 0 aliphatic carbocycles. The fraction of sp³-hybridized carbons (Fsp3) is 0.476. The summed E-state index contributed by atoms with van der Waals surface area (Å²) in [7, 11) is 0. The molecule has 146 valence electrons. The normalized spacial score (nSPS) is 23.0. The molecule has 2 fully saturated rings. The van der Waals surface area contributed by atoms with E-state index in [0.29, 0.717) is 12.0 Å². The van der Waals surface area contributed by atoms with Gasteiger partial charge in [-0.25, -0.2) is 9.97 Å². The molecule has 1 N–H and O–H groups in total. The van der Waals surface area contributed by atoms with Crippen LogP contribution >= 0.6 is 0 Å². The topological polar surface area (TPSA) is 70.3 Å². The second-order valence-electron chi connectivity index (χ2n) is 8.01. The Balaban J connectivity index is 1.19. The number of rotatable bonds is 4. The van der Waals surface area contributed by atoms with E-state index in [9.17, 15) is 0 Å². The molecule has 2 atom stereocenters. The summed E-state index contributed by atoms with van der Waals surface area (Å²) in [5, 5.41) is 8.87. The van der Waals surface area contributed by atoms with Crippen molar-refractivity contribution in [3.8, 4) is 0 Å². The predicted octanol–water partition coefficient (Wildman–Crippen LogP) is 2.94. The SMILES string of the molecule is Cc1cnc(NCC2CCC3CN(c4noc5ccccc45)CCN3C2)nc1. The Labute approximate surface area is 164 Å². The number of benzene rings is 1. The van der Waals surface area contributed by atoms with Gasteiger partial charge in [0.25, 0.3) is 0 Å². The van der Waals surface area contributed by atoms with Crippen molar-refractivity contribution < 1.29 is 4.52 Å². The molecule has 4 heterocycles. The van der Waals surface area contributed by atoms with Crippen LogP contribution in [0.5, 0.6) is 0 Å². The van der Waals surface area contributed by atoms with Gasteiger partial charge in [0.15, 0.2) is 11.4 Å². The maximum Gasteiger partial charge on any atom is 0.222 e. The molecule has 2 aromatic heterocycles. The fourth-order valence-electron chi connectivity index (χ4n) is 4.44. The zero-order valence-corrected chi connectivity index (χ0v) is 16.2. The minimum atomic E-state index is 0.594. The van der Waals surface area contributed by atoms with E-state index in [4.69, 9.17) is 4.52 Å². The van der Waals surface area contributed by atoms with Crippen molar-refractivity contribution in [2.45, 2.75) is 25.8 Å². The fourth-order valence-corrected chi connectivity index (χ4v) is 4.44. The lowest BCUT2D eigenvalue weighted by atomic mass is 9.91. The standard InChI is InChI=1S/C21H26N6O/c1-15-10-22-21(23-11-15)24-12-16-6-7-17-14-27(9-8-26(17)13-16)20-18-4-2-3-5-19(18)28-25-20/h2-5,10-11,16-17H,6-9,12-14H2,1H3,(H,22,23,24). The Bertz CT molecular complexity index is 939. The van der Waals surface area contributed by atoms with Crippen molar-refractivity contribution in [1.82, 2.24) is 20.0 Å². The zero-order chi connectivity index (χ0) is 18.9. The van der Waals surface area contributed by atoms with Gasteiger partial charge >= 0.3 is 0 Å². The monoisotopic (exact) mass is 378 g/mol. The number of piperidine rings is 1. The lowest BCUT2D eigenvalue weighted by Gasteiger charge is -2.46. The maximum absolute atomic E-state index is 5.51. The quantitative estimate of drug-likeness (QED) is 0.748. The Morgan fingerprint density at radius 3 is 2.86 bits per heavy atom. The molecule has 0 bridgehead atoms. The highest BCUT2D eigenvalue weighted by molar-refractivity contribution is 5.88. The van der Waals surface area contributed by atoms with Gasteiger partial charge in [-0.05, 0) is 43.4 Å². The second-order valence-corrected chi connectivity index (χ2v) is 8.01. The van der Waals surface area contributed by atoms with Gasteiger partial charge in [0.1, 0.15) is 0 Å². The minimum absolute atomic E-state index is 0.594. The van der Waals surface area contributed by atoms with Gasteiger partial charge in [0.05, 0.1) is 5.39 Å². The van der Waals surface area contributed by atoms with E-state index < -0.39 is 0 Å². The number of fused-ring (bicyclic) bond motifs is 2. The molecule has 2 saturated heterocycles. The summed E-state index contributed by atoms with van der Waals surface area (Å²) >= 11 is 0. The van der Waals surface area contributed by atoms with Crippen LogP contribution in [0.3, 0.4) is 0 Å². The number of nitrogens with zero attached hydrogens (tertiary/aromatic N) is 5. The molecule has 2 unspecified atom stereocenters. The number of hydrogen-bond donors (Lipinski definition) is 1. The molecule has 5 rings (SSSR count). The van der Waals surface area contributed by atoms with Crippen LogP contribution < -0.4 is 10.2 Å². The third-order valence-corrected chi connectivity index (χ3v) is 5.99. The molecule has 2 aliphatic rings. The Hall–Kier alpha value is -2.67. The van der Waals surface area contributed by atoms with Gasteiger partial charge in [0, 0.05) is 51.2 Å². The van der Waals surface area contributed by atoms with Crippen LogP contribution in [0.2, 0.25) is 0 Å². The van der Waals surface area contributed by atoms with Crippen molar-refractivity contribution in [1.29, 1.82) is 0 Å². The summed E-state index contributed by atoms with van der Waals surface area (Å²) in [6.07, 6.45) is 6.17. The van der Waals surface area contributed by atoms with Gasteiger partial charge in [0.2, 0.25) is 5.95 Å². The van der Waals surface area contributed by atoms with Crippen LogP contribution in [-0.4, -0.2) is 58.8 Å². The third-order valence-electron chi connectivity index (χ3n) is 5.99. The van der Waals surface area contributed by atoms with Crippen LogP contribution in [-0.2, 0) is 0 Å². The van der Waals surface area contributed by atoms with Crippen molar-refractivity contribution in [2.75, 3.05) is 42.9 Å². The summed E-state index contributed by atoms with van der Waals surface area (Å²) in [6.45, 7) is 7.17. The largest absolute Gasteiger partial charge is 0.354 e. The summed E-state index contributed by atoms with van der Waals surface area (Å²) in [5.74, 6) is 2.37. The smallest absolute Gasteiger partial charge is 0.222 e. The van der Waals surface area contributed by atoms with Crippen LogP contribution in [0.4, 0.5) is 11.8 Å². The molecule has 0 radical (unpaired) electrons. The molecule has 2 aliphatic heterocycles. The summed E-state index contributed by atoms with van der Waals surface area (Å²) in [6, 6.07) is 8.72. The number of aryl methyl sites for hydroxylation is 1. The van der Waals surface area contributed by atoms with E-state index in [-0.39, 0.29) is 0 Å². The van der Waals surface area contributed by atoms with Crippen LogP contribution in [0.15, 0.2) is 41.2 Å². The van der Waals surface area contributed by atoms with Crippen LogP contribution in [0.25, 0.3) is 11.0 Å². The number of anilines is 2. The van der Waals surface area contributed by atoms with Gasteiger partial charge in [-0.2, -0.15) is 0 Å². The molecular weight excluding hydrogens is 352 g/mol. The molecule has 0 amide bonds. The Morgan fingerprint density at radius 1 is 1.11 bits per heavy atom. The second kappa shape index (κ2) is 7.39. The maximum atomic E-state index is 5.51. The number of piperazine rings is 1. The van der Waals surface area contributed by atoms with Gasteiger partial charge in [-0.3, -0.25) is 4.90 Å². The van der Waals surface area contributed by atoms with E-state index in [1.165, 1.54) is 12.8 Å². The van der Waals surface area contributed by atoms with Crippen LogP contribution in [0, 0.1) is 12.8 Å². The van der Waals surface area contributed by atoms with Crippen molar-refractivity contribution in [2.24, 2.45) is 5.92 Å². The van der Waals surface area contributed by atoms with Crippen molar-refractivity contribution in [3.05, 3.63) is 42.2 Å². The lowest BCUT2D eigenvalue weighted by molar-refractivity contribution is 0.0994. The van der Waals surface area contributed by atoms with Gasteiger partial charge < -0.3 is 14.7 Å². The molecule has 7 heteroatoms. The molecule has 3 aromatic rings. The van der Waals surface area contributed by atoms with E-state index in [1.807, 2.05) is 31.5 Å². The van der Waals surface area contributed by atoms with E-state index >= 15 is 0 Å². The number of para-hydroxylation sites is 1. The summed E-state index contributed by atoms with van der Waals surface area (Å²) in [4.78, 5) is 13.7. The van der Waals surface area contributed by atoms with Gasteiger partial charge in [-0.1, -0.05) is 17.3 Å². The summed E-state index contributed by atoms with van der Waals surface area (Å²) < 4.78 is 5.51. The Kier molecular flexibility index (Phi) is 4.60. The summed E-state index contributed by atoms with van der Waals surface area (Å²) in [5.41, 5.74) is 1.96.